The molecule has 0 radical (unpaired) electrons. The highest BCUT2D eigenvalue weighted by Crippen LogP contribution is 2.12. The summed E-state index contributed by atoms with van der Waals surface area (Å²) in [6.07, 6.45) is 3.54. The van der Waals surface area contributed by atoms with Crippen LogP contribution in [0.5, 0.6) is 0 Å². The zero-order valence-corrected chi connectivity index (χ0v) is 20.6. The molecule has 6 nitrogen and oxygen atoms in total. The normalized spacial score (nSPS) is 10.8. The largest absolute Gasteiger partial charge is 0.347 e. The lowest BCUT2D eigenvalue weighted by Crippen LogP contribution is -2.37. The van der Waals surface area contributed by atoms with E-state index >= 15 is 0 Å². The smallest absolute Gasteiger partial charge is 0.319 e. The lowest BCUT2D eigenvalue weighted by Gasteiger charge is -2.22. The first-order chi connectivity index (χ1) is 16.6. The highest BCUT2D eigenvalue weighted by molar-refractivity contribution is 7.09. The number of carbonyl (C=O) groups excluding carboxylic acids is 2. The van der Waals surface area contributed by atoms with Crippen LogP contribution in [-0.4, -0.2) is 36.5 Å². The number of benzene rings is 2. The molecule has 0 aliphatic carbocycles. The predicted molar refractivity (Wildman–Crippen MR) is 140 cm³/mol. The highest BCUT2D eigenvalue weighted by atomic mass is 32.1. The monoisotopic (exact) mass is 478 g/mol. The molecule has 0 unspecified atom stereocenters. The maximum absolute atomic E-state index is 12.4. The van der Waals surface area contributed by atoms with Crippen LogP contribution in [0.3, 0.4) is 0 Å². The number of hydrogen-bond acceptors (Lipinski definition) is 4. The van der Waals surface area contributed by atoms with E-state index in [1.165, 1.54) is 18.4 Å². The molecule has 180 valence electrons. The Morgan fingerprint density at radius 1 is 0.912 bits per heavy atom. The summed E-state index contributed by atoms with van der Waals surface area (Å²) in [6.45, 7) is 5.90. The van der Waals surface area contributed by atoms with Crippen molar-refractivity contribution < 1.29 is 9.59 Å². The van der Waals surface area contributed by atoms with Crippen molar-refractivity contribution in [3.63, 3.8) is 0 Å². The summed E-state index contributed by atoms with van der Waals surface area (Å²) in [7, 11) is 0. The number of amides is 3. The molecule has 0 spiro atoms. The molecular formula is C27H34N4O2S. The summed E-state index contributed by atoms with van der Waals surface area (Å²) in [5.74, 6) is -0.166. The van der Waals surface area contributed by atoms with Crippen LogP contribution in [0, 0.1) is 0 Å². The topological polar surface area (TPSA) is 73.5 Å². The number of rotatable bonds is 13. The molecule has 0 bridgehead atoms. The van der Waals surface area contributed by atoms with Crippen LogP contribution >= 0.6 is 11.3 Å². The third-order valence-corrected chi connectivity index (χ3v) is 6.30. The Labute approximate surface area is 206 Å². The molecule has 3 amide bonds. The second-order valence-electron chi connectivity index (χ2n) is 8.19. The molecule has 3 N–H and O–H groups in total. The minimum atomic E-state index is -0.274. The van der Waals surface area contributed by atoms with Gasteiger partial charge in [0.1, 0.15) is 0 Å². The first-order valence-electron chi connectivity index (χ1n) is 11.9. The van der Waals surface area contributed by atoms with Gasteiger partial charge in [0.15, 0.2) is 0 Å². The Kier molecular flexibility index (Phi) is 10.6. The van der Waals surface area contributed by atoms with E-state index in [9.17, 15) is 9.59 Å². The number of thiophene rings is 1. The van der Waals surface area contributed by atoms with E-state index in [-0.39, 0.29) is 11.9 Å². The molecule has 34 heavy (non-hydrogen) atoms. The van der Waals surface area contributed by atoms with Crippen molar-refractivity contribution in [2.24, 2.45) is 0 Å². The van der Waals surface area contributed by atoms with Crippen molar-refractivity contribution in [2.75, 3.05) is 25.0 Å². The van der Waals surface area contributed by atoms with Gasteiger partial charge in [-0.25, -0.2) is 4.79 Å². The fraction of sp³-hybridized carbons (Fsp3) is 0.333. The molecule has 1 aromatic heterocycles. The second kappa shape index (κ2) is 14.2. The number of unbranched alkanes of at least 4 members (excludes halogenated alkanes) is 2. The number of nitrogens with zero attached hydrogens (tertiary/aromatic N) is 1. The van der Waals surface area contributed by atoms with E-state index in [0.717, 1.165) is 30.9 Å². The van der Waals surface area contributed by atoms with Crippen molar-refractivity contribution in [3.8, 4) is 0 Å². The summed E-state index contributed by atoms with van der Waals surface area (Å²) in [4.78, 5) is 28.4. The van der Waals surface area contributed by atoms with E-state index in [0.29, 0.717) is 24.3 Å². The molecule has 1 heterocycles. The average Bonchev–Trinajstić information content (AvgIpc) is 3.37. The lowest BCUT2D eigenvalue weighted by molar-refractivity contribution is 0.0951. The number of hydrogen-bond donors (Lipinski definition) is 3. The average molecular weight is 479 g/mol. The minimum absolute atomic E-state index is 0.166. The summed E-state index contributed by atoms with van der Waals surface area (Å²) in [5.41, 5.74) is 2.38. The van der Waals surface area contributed by atoms with Gasteiger partial charge in [0.25, 0.3) is 5.91 Å². The molecule has 0 fully saturated rings. The summed E-state index contributed by atoms with van der Waals surface area (Å²) < 4.78 is 0. The van der Waals surface area contributed by atoms with E-state index in [1.807, 2.05) is 23.6 Å². The predicted octanol–water partition coefficient (Wildman–Crippen LogP) is 5.49. The Morgan fingerprint density at radius 3 is 2.53 bits per heavy atom. The van der Waals surface area contributed by atoms with Gasteiger partial charge in [-0.3, -0.25) is 9.69 Å². The van der Waals surface area contributed by atoms with Crippen molar-refractivity contribution >= 4 is 29.0 Å². The fourth-order valence-electron chi connectivity index (χ4n) is 3.62. The third kappa shape index (κ3) is 9.00. The van der Waals surface area contributed by atoms with Crippen molar-refractivity contribution in [3.05, 3.63) is 88.1 Å². The first kappa shape index (κ1) is 25.5. The maximum atomic E-state index is 12.4. The van der Waals surface area contributed by atoms with Crippen LogP contribution in [0.15, 0.2) is 72.1 Å². The molecule has 0 aliphatic heterocycles. The van der Waals surface area contributed by atoms with Crippen molar-refractivity contribution in [1.82, 2.24) is 15.5 Å². The van der Waals surface area contributed by atoms with Crippen molar-refractivity contribution in [2.45, 2.75) is 39.3 Å². The number of carbonyl (C=O) groups is 2. The Bertz CT molecular complexity index is 1010. The molecule has 3 rings (SSSR count). The Morgan fingerprint density at radius 2 is 1.76 bits per heavy atom. The fourth-order valence-corrected chi connectivity index (χ4v) is 4.27. The molecular weight excluding hydrogens is 444 g/mol. The third-order valence-electron chi connectivity index (χ3n) is 5.43. The van der Waals surface area contributed by atoms with Crippen LogP contribution in [0.25, 0.3) is 0 Å². The molecule has 0 saturated heterocycles. The molecule has 0 aliphatic rings. The van der Waals surface area contributed by atoms with E-state index < -0.39 is 0 Å². The van der Waals surface area contributed by atoms with Gasteiger partial charge in [0, 0.05) is 35.8 Å². The number of urea groups is 1. The van der Waals surface area contributed by atoms with Crippen LogP contribution in [0.1, 0.15) is 47.0 Å². The quantitative estimate of drug-likeness (QED) is 0.284. The summed E-state index contributed by atoms with van der Waals surface area (Å²) >= 11 is 1.60. The summed E-state index contributed by atoms with van der Waals surface area (Å²) in [6, 6.07) is 21.1. The Hall–Kier alpha value is -3.16. The van der Waals surface area contributed by atoms with Crippen LogP contribution in [0.2, 0.25) is 0 Å². The standard InChI is InChI=1S/C27H34N4O2S/c1-2-3-7-16-31(21-22-10-5-4-6-11-22)17-15-28-27(33)30-24-13-8-12-23(19-24)26(32)29-20-25-14-9-18-34-25/h4-6,8-14,18-19H,2-3,7,15-17,20-21H2,1H3,(H,29,32)(H2,28,30,33). The van der Waals surface area contributed by atoms with Gasteiger partial charge in [-0.1, -0.05) is 62.2 Å². The van der Waals surface area contributed by atoms with Crippen LogP contribution in [0.4, 0.5) is 10.5 Å². The van der Waals surface area contributed by atoms with Gasteiger partial charge in [0.2, 0.25) is 0 Å². The van der Waals surface area contributed by atoms with E-state index in [1.54, 1.807) is 35.6 Å². The molecule has 3 aromatic rings. The SMILES string of the molecule is CCCCCN(CCNC(=O)Nc1cccc(C(=O)NCc2cccs2)c1)Cc1ccccc1. The molecule has 7 heteroatoms. The van der Waals surface area contributed by atoms with Crippen LogP contribution < -0.4 is 16.0 Å². The van der Waals surface area contributed by atoms with Gasteiger partial charge >= 0.3 is 6.03 Å². The van der Waals surface area contributed by atoms with Crippen molar-refractivity contribution in [1.29, 1.82) is 0 Å². The highest BCUT2D eigenvalue weighted by Gasteiger charge is 2.10. The molecule has 0 atom stereocenters. The second-order valence-corrected chi connectivity index (χ2v) is 9.22. The Balaban J connectivity index is 1.45. The van der Waals surface area contributed by atoms with Crippen LogP contribution in [-0.2, 0) is 13.1 Å². The molecule has 0 saturated carbocycles. The zero-order chi connectivity index (χ0) is 24.0. The number of anilines is 1. The van der Waals surface area contributed by atoms with E-state index in [2.05, 4.69) is 52.0 Å². The van der Waals surface area contributed by atoms with Gasteiger partial charge < -0.3 is 16.0 Å². The van der Waals surface area contributed by atoms with Gasteiger partial charge in [-0.05, 0) is 48.2 Å². The van der Waals surface area contributed by atoms with Gasteiger partial charge in [-0.15, -0.1) is 11.3 Å². The van der Waals surface area contributed by atoms with Gasteiger partial charge in [0.05, 0.1) is 6.54 Å². The number of nitrogens with one attached hydrogen (secondary N) is 3. The van der Waals surface area contributed by atoms with Gasteiger partial charge in [-0.2, -0.15) is 0 Å². The molecule has 2 aromatic carbocycles. The minimum Gasteiger partial charge on any atom is -0.347 e. The first-order valence-corrected chi connectivity index (χ1v) is 12.7. The zero-order valence-electron chi connectivity index (χ0n) is 19.8. The lowest BCUT2D eigenvalue weighted by atomic mass is 10.2. The summed E-state index contributed by atoms with van der Waals surface area (Å²) in [5, 5.41) is 10.7. The maximum Gasteiger partial charge on any atom is 0.319 e. The van der Waals surface area contributed by atoms with E-state index in [4.69, 9.17) is 0 Å².